The van der Waals surface area contributed by atoms with Crippen molar-refractivity contribution in [2.75, 3.05) is 31.1 Å². The Morgan fingerprint density at radius 2 is 1.93 bits per heavy atom. The number of piperazine rings is 1. The van der Waals surface area contributed by atoms with Gasteiger partial charge >= 0.3 is 0 Å². The van der Waals surface area contributed by atoms with Gasteiger partial charge in [-0.25, -0.2) is 9.98 Å². The third-order valence-electron chi connectivity index (χ3n) is 4.94. The highest BCUT2D eigenvalue weighted by molar-refractivity contribution is 7.16. The molecule has 144 valence electrons. The fourth-order valence-electron chi connectivity index (χ4n) is 3.28. The summed E-state index contributed by atoms with van der Waals surface area (Å²) in [6, 6.07) is 14.9. The van der Waals surface area contributed by atoms with E-state index in [2.05, 4.69) is 68.1 Å². The molecular weight excluding hydrogens is 368 g/mol. The number of nitrogens with two attached hydrogens (primary N) is 1. The number of aryl methyl sites for hydroxylation is 1. The van der Waals surface area contributed by atoms with Gasteiger partial charge in [0.05, 0.1) is 22.3 Å². The Labute approximate surface area is 169 Å². The fraction of sp³-hybridized carbons (Fsp3) is 0.286. The normalized spacial score (nSPS) is 15.7. The number of aliphatic imine (C=N–C) groups is 2. The molecule has 0 amide bonds. The van der Waals surface area contributed by atoms with Gasteiger partial charge in [0.2, 0.25) is 0 Å². The van der Waals surface area contributed by atoms with Crippen molar-refractivity contribution in [1.82, 2.24) is 9.88 Å². The minimum Gasteiger partial charge on any atom is -0.369 e. The van der Waals surface area contributed by atoms with E-state index in [1.807, 2.05) is 11.6 Å². The summed E-state index contributed by atoms with van der Waals surface area (Å²) in [6.07, 6.45) is 1.57. The van der Waals surface area contributed by atoms with Gasteiger partial charge in [-0.15, -0.1) is 11.3 Å². The summed E-state index contributed by atoms with van der Waals surface area (Å²) >= 11 is 1.64. The Bertz CT molecular complexity index is 984. The van der Waals surface area contributed by atoms with Crippen molar-refractivity contribution in [1.29, 1.82) is 0 Å². The molecule has 1 aliphatic rings. The number of hydrogen-bond acceptors (Lipinski definition) is 4. The third kappa shape index (κ3) is 4.31. The van der Waals surface area contributed by atoms with Crippen LogP contribution in [0.5, 0.6) is 0 Å². The maximum Gasteiger partial charge on any atom is 0.197 e. The van der Waals surface area contributed by atoms with Crippen molar-refractivity contribution in [2.45, 2.75) is 13.5 Å². The molecule has 6 nitrogen and oxygen atoms in total. The van der Waals surface area contributed by atoms with Crippen LogP contribution in [0.2, 0.25) is 0 Å². The zero-order chi connectivity index (χ0) is 19.3. The predicted octanol–water partition coefficient (Wildman–Crippen LogP) is 3.27. The van der Waals surface area contributed by atoms with E-state index in [4.69, 9.17) is 5.73 Å². The first-order valence-electron chi connectivity index (χ1n) is 9.39. The van der Waals surface area contributed by atoms with Crippen LogP contribution in [0.3, 0.4) is 0 Å². The van der Waals surface area contributed by atoms with E-state index < -0.39 is 0 Å². The topological polar surface area (TPSA) is 70.1 Å². The molecule has 1 aromatic heterocycles. The second-order valence-electron chi connectivity index (χ2n) is 6.91. The van der Waals surface area contributed by atoms with Gasteiger partial charge in [-0.1, -0.05) is 23.8 Å². The molecule has 2 aromatic carbocycles. The van der Waals surface area contributed by atoms with Crippen LogP contribution in [0.15, 0.2) is 58.0 Å². The van der Waals surface area contributed by atoms with Crippen molar-refractivity contribution in [2.24, 2.45) is 15.7 Å². The Hall–Kier alpha value is -2.93. The summed E-state index contributed by atoms with van der Waals surface area (Å²) in [5.74, 6) is 0.533. The Kier molecular flexibility index (Phi) is 5.53. The second-order valence-corrected chi connectivity index (χ2v) is 7.79. The molecule has 0 bridgehead atoms. The maximum absolute atomic E-state index is 6.15. The van der Waals surface area contributed by atoms with E-state index in [1.165, 1.54) is 16.0 Å². The molecule has 3 aromatic rings. The average molecular weight is 393 g/mol. The highest BCUT2D eigenvalue weighted by atomic mass is 32.1. The summed E-state index contributed by atoms with van der Waals surface area (Å²) in [6.45, 7) is 6.29. The van der Waals surface area contributed by atoms with Crippen molar-refractivity contribution in [3.63, 3.8) is 0 Å². The SMILES string of the molecule is Cc1ccc(N2CCN(C(N)=NC=NCc3ccc4ncsc4c3)CC2)cc1. The fourth-order valence-corrected chi connectivity index (χ4v) is 4.02. The zero-order valence-corrected chi connectivity index (χ0v) is 16.8. The van der Waals surface area contributed by atoms with E-state index in [0.717, 1.165) is 37.3 Å². The minimum atomic E-state index is 0.533. The molecule has 1 aliphatic heterocycles. The van der Waals surface area contributed by atoms with Crippen LogP contribution in [-0.2, 0) is 6.54 Å². The van der Waals surface area contributed by atoms with Crippen molar-refractivity contribution in [3.8, 4) is 0 Å². The smallest absolute Gasteiger partial charge is 0.197 e. The van der Waals surface area contributed by atoms with E-state index in [-0.39, 0.29) is 0 Å². The molecule has 0 saturated carbocycles. The van der Waals surface area contributed by atoms with E-state index in [1.54, 1.807) is 17.7 Å². The van der Waals surface area contributed by atoms with Crippen LogP contribution in [0, 0.1) is 6.92 Å². The van der Waals surface area contributed by atoms with Crippen LogP contribution < -0.4 is 10.6 Å². The van der Waals surface area contributed by atoms with Crippen molar-refractivity contribution < 1.29 is 0 Å². The minimum absolute atomic E-state index is 0.533. The molecule has 1 fully saturated rings. The average Bonchev–Trinajstić information content (AvgIpc) is 3.20. The van der Waals surface area contributed by atoms with Crippen molar-refractivity contribution >= 4 is 39.5 Å². The molecule has 2 N–H and O–H groups in total. The summed E-state index contributed by atoms with van der Waals surface area (Å²) in [4.78, 5) is 17.5. The van der Waals surface area contributed by atoms with Gasteiger partial charge in [0.1, 0.15) is 6.34 Å². The van der Waals surface area contributed by atoms with Gasteiger partial charge in [-0.2, -0.15) is 0 Å². The quantitative estimate of drug-likeness (QED) is 0.546. The number of aromatic nitrogens is 1. The number of rotatable bonds is 4. The molecule has 0 aliphatic carbocycles. The largest absolute Gasteiger partial charge is 0.369 e. The summed E-state index contributed by atoms with van der Waals surface area (Å²) in [5, 5.41) is 0. The number of anilines is 1. The number of fused-ring (bicyclic) bond motifs is 1. The molecule has 0 atom stereocenters. The lowest BCUT2D eigenvalue weighted by molar-refractivity contribution is 0.382. The molecule has 7 heteroatoms. The van der Waals surface area contributed by atoms with Gasteiger partial charge in [0, 0.05) is 31.9 Å². The van der Waals surface area contributed by atoms with Gasteiger partial charge < -0.3 is 15.5 Å². The first-order valence-corrected chi connectivity index (χ1v) is 10.3. The number of hydrogen-bond donors (Lipinski definition) is 1. The molecule has 1 saturated heterocycles. The van der Waals surface area contributed by atoms with Crippen LogP contribution in [0.4, 0.5) is 5.69 Å². The lowest BCUT2D eigenvalue weighted by Crippen LogP contribution is -2.51. The molecule has 0 unspecified atom stereocenters. The highest BCUT2D eigenvalue weighted by Gasteiger charge is 2.18. The maximum atomic E-state index is 6.15. The molecule has 28 heavy (non-hydrogen) atoms. The molecule has 0 spiro atoms. The lowest BCUT2D eigenvalue weighted by atomic mass is 10.2. The van der Waals surface area contributed by atoms with Crippen LogP contribution in [0.25, 0.3) is 10.2 Å². The van der Waals surface area contributed by atoms with Gasteiger partial charge in [0.25, 0.3) is 0 Å². The summed E-state index contributed by atoms with van der Waals surface area (Å²) in [7, 11) is 0. The standard InChI is InChI=1S/C21H24N6S/c1-16-2-5-18(6-3-16)26-8-10-27(11-9-26)21(22)24-14-23-13-17-4-7-19-20(12-17)28-15-25-19/h2-7,12,14-15H,8-11,13H2,1H3,(H2,22,23,24). The zero-order valence-electron chi connectivity index (χ0n) is 16.0. The van der Waals surface area contributed by atoms with Crippen LogP contribution in [0.1, 0.15) is 11.1 Å². The first kappa shape index (κ1) is 18.4. The molecule has 2 heterocycles. The predicted molar refractivity (Wildman–Crippen MR) is 118 cm³/mol. The molecule has 0 radical (unpaired) electrons. The Morgan fingerprint density at radius 3 is 2.71 bits per heavy atom. The van der Waals surface area contributed by atoms with Gasteiger partial charge in [-0.05, 0) is 36.8 Å². The summed E-state index contributed by atoms with van der Waals surface area (Å²) < 4.78 is 1.18. The summed E-state index contributed by atoms with van der Waals surface area (Å²) in [5.41, 5.74) is 12.7. The van der Waals surface area contributed by atoms with Crippen molar-refractivity contribution in [3.05, 3.63) is 59.1 Å². The molecule has 4 rings (SSSR count). The lowest BCUT2D eigenvalue weighted by Gasteiger charge is -2.36. The molecular formula is C21H24N6S. The van der Waals surface area contributed by atoms with Gasteiger partial charge in [0.15, 0.2) is 5.96 Å². The number of guanidine groups is 1. The van der Waals surface area contributed by atoms with E-state index in [9.17, 15) is 0 Å². The van der Waals surface area contributed by atoms with Crippen LogP contribution >= 0.6 is 11.3 Å². The number of thiazole rings is 1. The number of benzene rings is 2. The second kappa shape index (κ2) is 8.39. The van der Waals surface area contributed by atoms with E-state index >= 15 is 0 Å². The van der Waals surface area contributed by atoms with Crippen LogP contribution in [-0.4, -0.2) is 48.4 Å². The first-order chi connectivity index (χ1) is 13.7. The Morgan fingerprint density at radius 1 is 1.14 bits per heavy atom. The third-order valence-corrected chi connectivity index (χ3v) is 5.74. The van der Waals surface area contributed by atoms with E-state index in [0.29, 0.717) is 12.5 Å². The number of nitrogens with zero attached hydrogens (tertiary/aromatic N) is 5. The monoisotopic (exact) mass is 392 g/mol. The highest BCUT2D eigenvalue weighted by Crippen LogP contribution is 2.19. The van der Waals surface area contributed by atoms with Gasteiger partial charge in [-0.3, -0.25) is 4.99 Å². The Balaban J connectivity index is 1.29.